The van der Waals surface area contributed by atoms with Crippen molar-refractivity contribution in [2.45, 2.75) is 33.8 Å². The summed E-state index contributed by atoms with van der Waals surface area (Å²) < 4.78 is 6.72. The predicted molar refractivity (Wildman–Crippen MR) is 74.2 cm³/mol. The van der Waals surface area contributed by atoms with Crippen LogP contribution >= 0.6 is 15.9 Å². The lowest BCUT2D eigenvalue weighted by Gasteiger charge is -2.17. The molecule has 0 aliphatic rings. The lowest BCUT2D eigenvalue weighted by molar-refractivity contribution is 0.224. The van der Waals surface area contributed by atoms with Gasteiger partial charge in [-0.05, 0) is 40.3 Å². The van der Waals surface area contributed by atoms with Gasteiger partial charge in [-0.15, -0.1) is 0 Å². The minimum atomic E-state index is 0.00728. The quantitative estimate of drug-likeness (QED) is 0.860. The van der Waals surface area contributed by atoms with Crippen LogP contribution in [0, 0.1) is 11.8 Å². The van der Waals surface area contributed by atoms with Crippen molar-refractivity contribution in [1.82, 2.24) is 0 Å². The second-order valence-electron chi connectivity index (χ2n) is 4.93. The maximum Gasteiger partial charge on any atom is 0.138 e. The molecule has 17 heavy (non-hydrogen) atoms. The number of benzene rings is 1. The largest absolute Gasteiger partial charge is 0.492 e. The van der Waals surface area contributed by atoms with Crippen molar-refractivity contribution in [2.75, 3.05) is 6.61 Å². The summed E-state index contributed by atoms with van der Waals surface area (Å²) in [5.74, 6) is 1.98. The molecule has 2 nitrogen and oxygen atoms in total. The van der Waals surface area contributed by atoms with Gasteiger partial charge in [-0.2, -0.15) is 0 Å². The molecule has 0 aliphatic carbocycles. The van der Waals surface area contributed by atoms with E-state index in [2.05, 4.69) is 36.7 Å². The van der Waals surface area contributed by atoms with Gasteiger partial charge in [-0.1, -0.05) is 32.9 Å². The SMILES string of the molecule is CC(C)CC(C)COc1c(Br)cccc1CO. The molecular formula is C14H21BrO2. The van der Waals surface area contributed by atoms with Gasteiger partial charge in [0.1, 0.15) is 5.75 Å². The number of hydrogen-bond donors (Lipinski definition) is 1. The highest BCUT2D eigenvalue weighted by Gasteiger charge is 2.10. The minimum Gasteiger partial charge on any atom is -0.492 e. The van der Waals surface area contributed by atoms with Crippen molar-refractivity contribution in [1.29, 1.82) is 0 Å². The Morgan fingerprint density at radius 2 is 2.00 bits per heavy atom. The molecule has 1 N–H and O–H groups in total. The van der Waals surface area contributed by atoms with E-state index in [4.69, 9.17) is 4.74 Å². The molecule has 0 aromatic heterocycles. The summed E-state index contributed by atoms with van der Waals surface area (Å²) >= 11 is 3.45. The first kappa shape index (κ1) is 14.5. The van der Waals surface area contributed by atoms with E-state index in [1.54, 1.807) is 0 Å². The number of hydrogen-bond acceptors (Lipinski definition) is 2. The van der Waals surface area contributed by atoms with Crippen LogP contribution in [0.1, 0.15) is 32.8 Å². The van der Waals surface area contributed by atoms with Crippen molar-refractivity contribution < 1.29 is 9.84 Å². The van der Waals surface area contributed by atoms with Gasteiger partial charge in [0.15, 0.2) is 0 Å². The highest BCUT2D eigenvalue weighted by molar-refractivity contribution is 9.10. The molecule has 0 amide bonds. The molecule has 1 aromatic rings. The fraction of sp³-hybridized carbons (Fsp3) is 0.571. The molecule has 96 valence electrons. The van der Waals surface area contributed by atoms with Crippen molar-refractivity contribution in [3.63, 3.8) is 0 Å². The minimum absolute atomic E-state index is 0.00728. The predicted octanol–water partition coefficient (Wildman–Crippen LogP) is 4.00. The van der Waals surface area contributed by atoms with Crippen LogP contribution in [0.3, 0.4) is 0 Å². The van der Waals surface area contributed by atoms with E-state index >= 15 is 0 Å². The first-order valence-electron chi connectivity index (χ1n) is 6.05. The van der Waals surface area contributed by atoms with Crippen LogP contribution in [0.15, 0.2) is 22.7 Å². The van der Waals surface area contributed by atoms with Gasteiger partial charge < -0.3 is 9.84 Å². The van der Waals surface area contributed by atoms with Gasteiger partial charge in [0.25, 0.3) is 0 Å². The van der Waals surface area contributed by atoms with Crippen LogP contribution in [0.25, 0.3) is 0 Å². The molecule has 3 heteroatoms. The number of aliphatic hydroxyl groups excluding tert-OH is 1. The van der Waals surface area contributed by atoms with Gasteiger partial charge in [-0.3, -0.25) is 0 Å². The third kappa shape index (κ3) is 4.68. The third-order valence-corrected chi connectivity index (χ3v) is 3.23. The monoisotopic (exact) mass is 300 g/mol. The average Bonchev–Trinajstić information content (AvgIpc) is 2.26. The number of aliphatic hydroxyl groups is 1. The smallest absolute Gasteiger partial charge is 0.138 e. The maximum atomic E-state index is 9.25. The van der Waals surface area contributed by atoms with Crippen molar-refractivity contribution in [3.8, 4) is 5.75 Å². The molecule has 0 aliphatic heterocycles. The average molecular weight is 301 g/mol. The zero-order valence-corrected chi connectivity index (χ0v) is 12.3. The molecule has 1 atom stereocenters. The Hall–Kier alpha value is -0.540. The molecular weight excluding hydrogens is 280 g/mol. The summed E-state index contributed by atoms with van der Waals surface area (Å²) in [5, 5.41) is 9.25. The van der Waals surface area contributed by atoms with Crippen molar-refractivity contribution >= 4 is 15.9 Å². The van der Waals surface area contributed by atoms with Gasteiger partial charge >= 0.3 is 0 Å². The van der Waals surface area contributed by atoms with Gasteiger partial charge in [0.2, 0.25) is 0 Å². The molecule has 1 rings (SSSR count). The van der Waals surface area contributed by atoms with E-state index in [9.17, 15) is 5.11 Å². The first-order valence-corrected chi connectivity index (χ1v) is 6.85. The molecule has 0 saturated heterocycles. The maximum absolute atomic E-state index is 9.25. The molecule has 0 fully saturated rings. The Bertz CT molecular complexity index is 350. The fourth-order valence-corrected chi connectivity index (χ4v) is 2.46. The van der Waals surface area contributed by atoms with Gasteiger partial charge in [0, 0.05) is 5.56 Å². The van der Waals surface area contributed by atoms with E-state index in [-0.39, 0.29) is 6.61 Å². The third-order valence-electron chi connectivity index (χ3n) is 2.60. The Morgan fingerprint density at radius 1 is 1.29 bits per heavy atom. The van der Waals surface area contributed by atoms with Crippen LogP contribution in [-0.2, 0) is 6.61 Å². The van der Waals surface area contributed by atoms with E-state index < -0.39 is 0 Å². The molecule has 0 saturated carbocycles. The van der Waals surface area contributed by atoms with Crippen molar-refractivity contribution in [3.05, 3.63) is 28.2 Å². The summed E-state index contributed by atoms with van der Waals surface area (Å²) in [5.41, 5.74) is 0.830. The Morgan fingerprint density at radius 3 is 2.59 bits per heavy atom. The normalized spacial score (nSPS) is 12.8. The molecule has 1 unspecified atom stereocenters. The number of rotatable bonds is 6. The zero-order chi connectivity index (χ0) is 12.8. The molecule has 0 radical (unpaired) electrons. The second kappa shape index (κ2) is 7.02. The summed E-state index contributed by atoms with van der Waals surface area (Å²) in [7, 11) is 0. The Kier molecular flexibility index (Phi) is 6.00. The molecule has 1 aromatic carbocycles. The second-order valence-corrected chi connectivity index (χ2v) is 5.79. The number of para-hydroxylation sites is 1. The zero-order valence-electron chi connectivity index (χ0n) is 10.7. The van der Waals surface area contributed by atoms with Crippen LogP contribution in [-0.4, -0.2) is 11.7 Å². The topological polar surface area (TPSA) is 29.5 Å². The van der Waals surface area contributed by atoms with E-state index in [1.807, 2.05) is 18.2 Å². The summed E-state index contributed by atoms with van der Waals surface area (Å²) in [6, 6.07) is 5.72. The van der Waals surface area contributed by atoms with Crippen LogP contribution in [0.2, 0.25) is 0 Å². The van der Waals surface area contributed by atoms with Crippen LogP contribution < -0.4 is 4.74 Å². The van der Waals surface area contributed by atoms with E-state index in [0.29, 0.717) is 18.4 Å². The summed E-state index contributed by atoms with van der Waals surface area (Å²) in [6.07, 6.45) is 1.15. The van der Waals surface area contributed by atoms with E-state index in [0.717, 1.165) is 22.2 Å². The summed E-state index contributed by atoms with van der Waals surface area (Å²) in [6.45, 7) is 7.32. The van der Waals surface area contributed by atoms with Crippen LogP contribution in [0.4, 0.5) is 0 Å². The van der Waals surface area contributed by atoms with Crippen molar-refractivity contribution in [2.24, 2.45) is 11.8 Å². The highest BCUT2D eigenvalue weighted by atomic mass is 79.9. The molecule has 0 bridgehead atoms. The number of ether oxygens (including phenoxy) is 1. The highest BCUT2D eigenvalue weighted by Crippen LogP contribution is 2.29. The Labute approximate surface area is 112 Å². The van der Waals surface area contributed by atoms with Gasteiger partial charge in [0.05, 0.1) is 17.7 Å². The lowest BCUT2D eigenvalue weighted by Crippen LogP contribution is -2.12. The first-order chi connectivity index (χ1) is 8.04. The molecule has 0 heterocycles. The van der Waals surface area contributed by atoms with Gasteiger partial charge in [-0.25, -0.2) is 0 Å². The standard InChI is InChI=1S/C14H21BrO2/c1-10(2)7-11(3)9-17-14-12(8-16)5-4-6-13(14)15/h4-6,10-11,16H,7-9H2,1-3H3. The number of halogens is 1. The van der Waals surface area contributed by atoms with E-state index in [1.165, 1.54) is 0 Å². The molecule has 0 spiro atoms. The lowest BCUT2D eigenvalue weighted by atomic mass is 10.00. The fourth-order valence-electron chi connectivity index (χ4n) is 1.94. The summed E-state index contributed by atoms with van der Waals surface area (Å²) in [4.78, 5) is 0. The Balaban J connectivity index is 2.62. The van der Waals surface area contributed by atoms with Crippen LogP contribution in [0.5, 0.6) is 5.75 Å².